The third-order valence-electron chi connectivity index (χ3n) is 2.49. The van der Waals surface area contributed by atoms with Crippen molar-refractivity contribution in [1.29, 1.82) is 5.26 Å². The molecule has 0 saturated heterocycles. The van der Waals surface area contributed by atoms with Crippen LogP contribution in [0.5, 0.6) is 0 Å². The number of benzene rings is 1. The Balaban J connectivity index is 2.07. The lowest BCUT2D eigenvalue weighted by molar-refractivity contribution is 0.506. The van der Waals surface area contributed by atoms with Crippen molar-refractivity contribution in [1.82, 2.24) is 0 Å². The molecule has 0 spiro atoms. The standard InChI is InChI=1S/C13H11FN2O/c1-9-12(14)3-2-4-13(9)16-8-11-6-5-10(7-15)17-11/h2-6,16H,8H2,1H3. The van der Waals surface area contributed by atoms with Crippen molar-refractivity contribution in [3.8, 4) is 6.07 Å². The van der Waals surface area contributed by atoms with Crippen LogP contribution in [0.3, 0.4) is 0 Å². The molecule has 0 amide bonds. The highest BCUT2D eigenvalue weighted by Gasteiger charge is 2.04. The van der Waals surface area contributed by atoms with Gasteiger partial charge in [-0.1, -0.05) is 6.07 Å². The second-order valence-corrected chi connectivity index (χ2v) is 3.64. The molecule has 0 aliphatic carbocycles. The highest BCUT2D eigenvalue weighted by atomic mass is 19.1. The summed E-state index contributed by atoms with van der Waals surface area (Å²) in [5.74, 6) is 0.676. The molecule has 86 valence electrons. The highest BCUT2D eigenvalue weighted by molar-refractivity contribution is 5.51. The number of nitriles is 1. The highest BCUT2D eigenvalue weighted by Crippen LogP contribution is 2.18. The number of rotatable bonds is 3. The van der Waals surface area contributed by atoms with Crippen molar-refractivity contribution >= 4 is 5.69 Å². The minimum absolute atomic E-state index is 0.243. The minimum Gasteiger partial charge on any atom is -0.449 e. The van der Waals surface area contributed by atoms with Gasteiger partial charge in [-0.2, -0.15) is 5.26 Å². The lowest BCUT2D eigenvalue weighted by atomic mass is 10.2. The van der Waals surface area contributed by atoms with Crippen molar-refractivity contribution < 1.29 is 8.81 Å². The van der Waals surface area contributed by atoms with E-state index in [-0.39, 0.29) is 11.6 Å². The SMILES string of the molecule is Cc1c(F)cccc1NCc1ccc(C#N)o1. The first kappa shape index (κ1) is 11.2. The Kier molecular flexibility index (Phi) is 3.10. The van der Waals surface area contributed by atoms with E-state index in [2.05, 4.69) is 5.32 Å². The van der Waals surface area contributed by atoms with Crippen molar-refractivity contribution in [3.63, 3.8) is 0 Å². The van der Waals surface area contributed by atoms with E-state index in [9.17, 15) is 4.39 Å². The van der Waals surface area contributed by atoms with Crippen LogP contribution in [0.4, 0.5) is 10.1 Å². The Hall–Kier alpha value is -2.28. The Bertz CT molecular complexity index is 569. The Labute approximate surface area is 98.5 Å². The summed E-state index contributed by atoms with van der Waals surface area (Å²) in [7, 11) is 0. The van der Waals surface area contributed by atoms with E-state index < -0.39 is 0 Å². The van der Waals surface area contributed by atoms with Crippen LogP contribution in [0.15, 0.2) is 34.7 Å². The van der Waals surface area contributed by atoms with E-state index in [0.717, 1.165) is 5.69 Å². The maximum atomic E-state index is 13.3. The van der Waals surface area contributed by atoms with Crippen LogP contribution >= 0.6 is 0 Å². The predicted molar refractivity (Wildman–Crippen MR) is 61.9 cm³/mol. The van der Waals surface area contributed by atoms with Crippen LogP contribution in [0.25, 0.3) is 0 Å². The molecule has 1 aromatic heterocycles. The molecule has 0 radical (unpaired) electrons. The molecule has 3 nitrogen and oxygen atoms in total. The van der Waals surface area contributed by atoms with Gasteiger partial charge in [-0.3, -0.25) is 0 Å². The Morgan fingerprint density at radius 2 is 2.18 bits per heavy atom. The van der Waals surface area contributed by atoms with Gasteiger partial charge in [-0.25, -0.2) is 4.39 Å². The van der Waals surface area contributed by atoms with E-state index in [1.807, 2.05) is 6.07 Å². The van der Waals surface area contributed by atoms with E-state index in [1.165, 1.54) is 6.07 Å². The summed E-state index contributed by atoms with van der Waals surface area (Å²) in [6.07, 6.45) is 0. The molecule has 0 aliphatic rings. The number of hydrogen-bond donors (Lipinski definition) is 1. The minimum atomic E-state index is -0.243. The molecule has 0 saturated carbocycles. The zero-order chi connectivity index (χ0) is 12.3. The predicted octanol–water partition coefficient (Wildman–Crippen LogP) is 3.21. The lowest BCUT2D eigenvalue weighted by Gasteiger charge is -2.08. The maximum absolute atomic E-state index is 13.3. The average molecular weight is 230 g/mol. The van der Waals surface area contributed by atoms with Crippen LogP contribution in [0, 0.1) is 24.1 Å². The van der Waals surface area contributed by atoms with Crippen LogP contribution in [0.1, 0.15) is 17.1 Å². The van der Waals surface area contributed by atoms with Crippen LogP contribution in [-0.2, 0) is 6.54 Å². The number of furan rings is 1. The molecule has 1 heterocycles. The molecule has 0 fully saturated rings. The summed E-state index contributed by atoms with van der Waals surface area (Å²) in [5, 5.41) is 11.7. The van der Waals surface area contributed by atoms with Crippen LogP contribution in [0.2, 0.25) is 0 Å². The van der Waals surface area contributed by atoms with Gasteiger partial charge in [-0.05, 0) is 31.2 Å². The first-order chi connectivity index (χ1) is 8.20. The fourth-order valence-corrected chi connectivity index (χ4v) is 1.51. The van der Waals surface area contributed by atoms with Gasteiger partial charge in [0.1, 0.15) is 17.6 Å². The maximum Gasteiger partial charge on any atom is 0.203 e. The molecule has 17 heavy (non-hydrogen) atoms. The number of hydrogen-bond acceptors (Lipinski definition) is 3. The second kappa shape index (κ2) is 4.71. The summed E-state index contributed by atoms with van der Waals surface area (Å²) in [4.78, 5) is 0. The molecular weight excluding hydrogens is 219 g/mol. The number of nitrogens with zero attached hydrogens (tertiary/aromatic N) is 1. The normalized spacial score (nSPS) is 9.94. The monoisotopic (exact) mass is 230 g/mol. The van der Waals surface area contributed by atoms with Gasteiger partial charge in [0.2, 0.25) is 5.76 Å². The third kappa shape index (κ3) is 2.45. The average Bonchev–Trinajstić information content (AvgIpc) is 2.79. The van der Waals surface area contributed by atoms with E-state index in [1.54, 1.807) is 31.2 Å². The summed E-state index contributed by atoms with van der Waals surface area (Å²) >= 11 is 0. The molecule has 0 bridgehead atoms. The molecule has 1 aromatic carbocycles. The van der Waals surface area contributed by atoms with Crippen molar-refractivity contribution in [2.75, 3.05) is 5.32 Å². The van der Waals surface area contributed by atoms with Crippen molar-refractivity contribution in [2.45, 2.75) is 13.5 Å². The summed E-state index contributed by atoms with van der Waals surface area (Å²) in [5.41, 5.74) is 1.29. The van der Waals surface area contributed by atoms with E-state index in [4.69, 9.17) is 9.68 Å². The molecule has 1 N–H and O–H groups in total. The summed E-state index contributed by atoms with van der Waals surface area (Å²) in [6.45, 7) is 2.13. The molecular formula is C13H11FN2O. The van der Waals surface area contributed by atoms with Gasteiger partial charge in [0.05, 0.1) is 6.54 Å². The molecule has 0 aliphatic heterocycles. The van der Waals surface area contributed by atoms with Gasteiger partial charge in [0, 0.05) is 11.3 Å². The number of nitrogens with one attached hydrogen (secondary N) is 1. The summed E-state index contributed by atoms with van der Waals surface area (Å²) < 4.78 is 18.5. The van der Waals surface area contributed by atoms with Gasteiger partial charge < -0.3 is 9.73 Å². The lowest BCUT2D eigenvalue weighted by Crippen LogP contribution is -2.01. The zero-order valence-corrected chi connectivity index (χ0v) is 9.33. The first-order valence-corrected chi connectivity index (χ1v) is 5.18. The number of halogens is 1. The van der Waals surface area contributed by atoms with Crippen molar-refractivity contribution in [3.05, 3.63) is 53.2 Å². The van der Waals surface area contributed by atoms with Crippen LogP contribution in [-0.4, -0.2) is 0 Å². The Morgan fingerprint density at radius 3 is 2.88 bits per heavy atom. The largest absolute Gasteiger partial charge is 0.449 e. The number of anilines is 1. The van der Waals surface area contributed by atoms with E-state index >= 15 is 0 Å². The zero-order valence-electron chi connectivity index (χ0n) is 9.33. The molecule has 4 heteroatoms. The van der Waals surface area contributed by atoms with E-state index in [0.29, 0.717) is 17.9 Å². The second-order valence-electron chi connectivity index (χ2n) is 3.64. The third-order valence-corrected chi connectivity index (χ3v) is 2.49. The van der Waals surface area contributed by atoms with Crippen LogP contribution < -0.4 is 5.32 Å². The fourth-order valence-electron chi connectivity index (χ4n) is 1.51. The first-order valence-electron chi connectivity index (χ1n) is 5.18. The summed E-state index contributed by atoms with van der Waals surface area (Å²) in [6, 6.07) is 10.1. The smallest absolute Gasteiger partial charge is 0.203 e. The van der Waals surface area contributed by atoms with Gasteiger partial charge in [0.15, 0.2) is 0 Å². The van der Waals surface area contributed by atoms with Crippen molar-refractivity contribution in [2.24, 2.45) is 0 Å². The van der Waals surface area contributed by atoms with Gasteiger partial charge in [0.25, 0.3) is 0 Å². The quantitative estimate of drug-likeness (QED) is 0.880. The molecule has 0 atom stereocenters. The Morgan fingerprint density at radius 1 is 1.35 bits per heavy atom. The fraction of sp³-hybridized carbons (Fsp3) is 0.154. The molecule has 0 unspecified atom stereocenters. The van der Waals surface area contributed by atoms with Gasteiger partial charge >= 0.3 is 0 Å². The molecule has 2 aromatic rings. The molecule has 2 rings (SSSR count). The van der Waals surface area contributed by atoms with Gasteiger partial charge in [-0.15, -0.1) is 0 Å². The topological polar surface area (TPSA) is 49.0 Å².